The third-order valence-corrected chi connectivity index (χ3v) is 4.44. The molecule has 0 radical (unpaired) electrons. The fourth-order valence-electron chi connectivity index (χ4n) is 3.26. The van der Waals surface area contributed by atoms with Crippen molar-refractivity contribution in [2.75, 3.05) is 13.1 Å². The van der Waals surface area contributed by atoms with Crippen LogP contribution in [0.25, 0.3) is 0 Å². The average molecular weight is 253 g/mol. The van der Waals surface area contributed by atoms with Crippen molar-refractivity contribution in [2.45, 2.75) is 45.4 Å². The molecule has 2 fully saturated rings. The third kappa shape index (κ3) is 3.03. The highest BCUT2D eigenvalue weighted by Gasteiger charge is 2.32. The molecule has 1 aliphatic carbocycles. The van der Waals surface area contributed by atoms with Crippen LogP contribution in [-0.4, -0.2) is 35.0 Å². The highest BCUT2D eigenvalue weighted by molar-refractivity contribution is 5.79. The molecule has 2 aliphatic rings. The monoisotopic (exact) mass is 253 g/mol. The lowest BCUT2D eigenvalue weighted by atomic mass is 9.81. The quantitative estimate of drug-likeness (QED) is 0.820. The lowest BCUT2D eigenvalue weighted by molar-refractivity contribution is -0.147. The Morgan fingerprint density at radius 2 is 1.72 bits per heavy atom. The van der Waals surface area contributed by atoms with Crippen LogP contribution in [0.1, 0.15) is 45.4 Å². The van der Waals surface area contributed by atoms with Crippen LogP contribution in [0, 0.1) is 17.8 Å². The van der Waals surface area contributed by atoms with Gasteiger partial charge in [0.05, 0.1) is 5.92 Å². The summed E-state index contributed by atoms with van der Waals surface area (Å²) in [7, 11) is 0. The third-order valence-electron chi connectivity index (χ3n) is 4.44. The Bertz CT molecular complexity index is 321. The summed E-state index contributed by atoms with van der Waals surface area (Å²) in [6, 6.07) is 0. The van der Waals surface area contributed by atoms with Gasteiger partial charge in [0.15, 0.2) is 0 Å². The molecule has 4 heteroatoms. The summed E-state index contributed by atoms with van der Waals surface area (Å²) in [5.41, 5.74) is 0. The van der Waals surface area contributed by atoms with Crippen molar-refractivity contribution in [3.63, 3.8) is 0 Å². The molecule has 0 spiro atoms. The molecule has 1 heterocycles. The van der Waals surface area contributed by atoms with E-state index in [4.69, 9.17) is 5.11 Å². The van der Waals surface area contributed by atoms with Crippen LogP contribution in [0.5, 0.6) is 0 Å². The lowest BCUT2D eigenvalue weighted by Gasteiger charge is -2.35. The largest absolute Gasteiger partial charge is 0.481 e. The molecule has 1 amide bonds. The predicted molar refractivity (Wildman–Crippen MR) is 68.1 cm³/mol. The van der Waals surface area contributed by atoms with Gasteiger partial charge in [0, 0.05) is 19.0 Å². The molecule has 2 atom stereocenters. The fraction of sp³-hybridized carbons (Fsp3) is 0.857. The average Bonchev–Trinajstić information content (AvgIpc) is 2.38. The fourth-order valence-corrected chi connectivity index (χ4v) is 3.26. The number of carboxylic acid groups (broad SMARTS) is 1. The molecule has 0 aromatic heterocycles. The molecule has 2 unspecified atom stereocenters. The Morgan fingerprint density at radius 3 is 2.28 bits per heavy atom. The van der Waals surface area contributed by atoms with Crippen LogP contribution < -0.4 is 0 Å². The van der Waals surface area contributed by atoms with Crippen LogP contribution in [0.2, 0.25) is 0 Å². The molecule has 1 saturated heterocycles. The van der Waals surface area contributed by atoms with E-state index in [1.165, 1.54) is 6.42 Å². The first-order valence-corrected chi connectivity index (χ1v) is 7.09. The first-order valence-electron chi connectivity index (χ1n) is 7.09. The summed E-state index contributed by atoms with van der Waals surface area (Å²) >= 11 is 0. The molecule has 18 heavy (non-hydrogen) atoms. The summed E-state index contributed by atoms with van der Waals surface area (Å²) in [4.78, 5) is 25.1. The van der Waals surface area contributed by atoms with E-state index in [0.29, 0.717) is 31.8 Å². The Morgan fingerprint density at radius 1 is 1.06 bits per heavy atom. The van der Waals surface area contributed by atoms with E-state index in [1.807, 2.05) is 4.90 Å². The van der Waals surface area contributed by atoms with E-state index in [9.17, 15) is 9.59 Å². The second-order valence-corrected chi connectivity index (χ2v) is 5.91. The standard InChI is InChI=1S/C14H23NO3/c1-10-3-2-4-12(9-10)13(16)15-7-5-11(6-8-15)14(17)18/h10-12H,2-9H2,1H3,(H,17,18). The number of nitrogens with zero attached hydrogens (tertiary/aromatic N) is 1. The minimum absolute atomic E-state index is 0.190. The van der Waals surface area contributed by atoms with Crippen molar-refractivity contribution in [1.29, 1.82) is 0 Å². The van der Waals surface area contributed by atoms with Gasteiger partial charge in [-0.25, -0.2) is 0 Å². The second kappa shape index (κ2) is 5.72. The maximum absolute atomic E-state index is 12.4. The maximum Gasteiger partial charge on any atom is 0.306 e. The number of hydrogen-bond donors (Lipinski definition) is 1. The van der Waals surface area contributed by atoms with Crippen molar-refractivity contribution in [1.82, 2.24) is 4.90 Å². The van der Waals surface area contributed by atoms with Gasteiger partial charge in [-0.1, -0.05) is 19.8 Å². The zero-order valence-corrected chi connectivity index (χ0v) is 11.1. The number of piperidine rings is 1. The number of carbonyl (C=O) groups is 2. The number of hydrogen-bond acceptors (Lipinski definition) is 2. The molecule has 4 nitrogen and oxygen atoms in total. The summed E-state index contributed by atoms with van der Waals surface area (Å²) < 4.78 is 0. The summed E-state index contributed by atoms with van der Waals surface area (Å²) in [6.07, 6.45) is 5.65. The molecule has 0 aromatic carbocycles. The van der Waals surface area contributed by atoms with Crippen molar-refractivity contribution >= 4 is 11.9 Å². The highest BCUT2D eigenvalue weighted by atomic mass is 16.4. The molecule has 1 N–H and O–H groups in total. The zero-order valence-electron chi connectivity index (χ0n) is 11.1. The van der Waals surface area contributed by atoms with Crippen LogP contribution in [-0.2, 0) is 9.59 Å². The normalized spacial score (nSPS) is 30.2. The van der Waals surface area contributed by atoms with Gasteiger partial charge in [0.25, 0.3) is 0 Å². The van der Waals surface area contributed by atoms with Crippen molar-refractivity contribution in [3.05, 3.63) is 0 Å². The Balaban J connectivity index is 1.85. The Labute approximate surface area is 108 Å². The second-order valence-electron chi connectivity index (χ2n) is 5.91. The van der Waals surface area contributed by atoms with Gasteiger partial charge in [-0.05, 0) is 31.6 Å². The molecule has 1 aliphatic heterocycles. The smallest absolute Gasteiger partial charge is 0.306 e. The molecular formula is C14H23NO3. The number of carbonyl (C=O) groups excluding carboxylic acids is 1. The number of carboxylic acids is 1. The van der Waals surface area contributed by atoms with Gasteiger partial charge in [0.1, 0.15) is 0 Å². The van der Waals surface area contributed by atoms with Crippen LogP contribution in [0.4, 0.5) is 0 Å². The van der Waals surface area contributed by atoms with Gasteiger partial charge in [0.2, 0.25) is 5.91 Å². The van der Waals surface area contributed by atoms with Crippen molar-refractivity contribution in [3.8, 4) is 0 Å². The number of rotatable bonds is 2. The molecule has 1 saturated carbocycles. The number of aliphatic carboxylic acids is 1. The van der Waals surface area contributed by atoms with E-state index >= 15 is 0 Å². The minimum Gasteiger partial charge on any atom is -0.481 e. The van der Waals surface area contributed by atoms with Gasteiger partial charge in [-0.3, -0.25) is 9.59 Å². The van der Waals surface area contributed by atoms with Gasteiger partial charge in [-0.2, -0.15) is 0 Å². The van der Waals surface area contributed by atoms with E-state index in [0.717, 1.165) is 19.3 Å². The first kappa shape index (κ1) is 13.4. The molecule has 0 aromatic rings. The SMILES string of the molecule is CC1CCCC(C(=O)N2CCC(C(=O)O)CC2)C1. The van der Waals surface area contributed by atoms with E-state index in [-0.39, 0.29) is 17.7 Å². The van der Waals surface area contributed by atoms with Gasteiger partial charge < -0.3 is 10.0 Å². The molecule has 2 rings (SSSR count). The van der Waals surface area contributed by atoms with Gasteiger partial charge in [-0.15, -0.1) is 0 Å². The van der Waals surface area contributed by atoms with Crippen molar-refractivity contribution in [2.24, 2.45) is 17.8 Å². The topological polar surface area (TPSA) is 57.6 Å². The van der Waals surface area contributed by atoms with E-state index < -0.39 is 5.97 Å². The minimum atomic E-state index is -0.714. The molecule has 102 valence electrons. The Hall–Kier alpha value is -1.06. The van der Waals surface area contributed by atoms with Crippen LogP contribution in [0.15, 0.2) is 0 Å². The molecular weight excluding hydrogens is 230 g/mol. The zero-order chi connectivity index (χ0) is 13.1. The number of likely N-dealkylation sites (tertiary alicyclic amines) is 1. The van der Waals surface area contributed by atoms with Gasteiger partial charge >= 0.3 is 5.97 Å². The van der Waals surface area contributed by atoms with Crippen molar-refractivity contribution < 1.29 is 14.7 Å². The van der Waals surface area contributed by atoms with Crippen LogP contribution >= 0.6 is 0 Å². The van der Waals surface area contributed by atoms with E-state index in [2.05, 4.69) is 6.92 Å². The summed E-state index contributed by atoms with van der Waals surface area (Å²) in [5, 5.41) is 8.94. The summed E-state index contributed by atoms with van der Waals surface area (Å²) in [6.45, 7) is 3.47. The summed E-state index contributed by atoms with van der Waals surface area (Å²) in [5.74, 6) is 0.150. The van der Waals surface area contributed by atoms with Crippen LogP contribution in [0.3, 0.4) is 0 Å². The van der Waals surface area contributed by atoms with E-state index in [1.54, 1.807) is 0 Å². The highest BCUT2D eigenvalue weighted by Crippen LogP contribution is 2.31. The molecule has 0 bridgehead atoms. The Kier molecular flexibility index (Phi) is 4.25. The maximum atomic E-state index is 12.4. The lowest BCUT2D eigenvalue weighted by Crippen LogP contribution is -2.44. The number of amides is 1. The predicted octanol–water partition coefficient (Wildman–Crippen LogP) is 2.14. The first-order chi connectivity index (χ1) is 8.58.